The maximum absolute atomic E-state index is 5.40. The summed E-state index contributed by atoms with van der Waals surface area (Å²) in [6.07, 6.45) is 7.27. The minimum Gasteiger partial charge on any atom is -0.279 e. The zero-order valence-electron chi connectivity index (χ0n) is 30.6. The largest absolute Gasteiger partial charge is 0.279 e. The third-order valence-corrected chi connectivity index (χ3v) is 10.6. The second-order valence-electron chi connectivity index (χ2n) is 13.9. The van der Waals surface area contributed by atoms with E-state index in [1.54, 1.807) is 0 Å². The number of pyridine rings is 2. The summed E-state index contributed by atoms with van der Waals surface area (Å²) in [5, 5.41) is 4.51. The monoisotopic (exact) mass is 732 g/mol. The van der Waals surface area contributed by atoms with E-state index in [2.05, 4.69) is 170 Å². The first-order valence-corrected chi connectivity index (χ1v) is 18.8. The zero-order valence-corrected chi connectivity index (χ0v) is 30.6. The molecule has 57 heavy (non-hydrogen) atoms. The van der Waals surface area contributed by atoms with Gasteiger partial charge in [-0.1, -0.05) is 97.1 Å². The van der Waals surface area contributed by atoms with E-state index >= 15 is 0 Å². The molecule has 11 aromatic rings. The third kappa shape index (κ3) is 5.50. The molecule has 0 aliphatic rings. The number of aromatic nitrogens is 7. The Kier molecular flexibility index (Phi) is 7.63. The molecule has 6 aromatic carbocycles. The van der Waals surface area contributed by atoms with Crippen LogP contribution in [0, 0.1) is 0 Å². The highest BCUT2D eigenvalue weighted by atomic mass is 15.4. The Hall–Kier alpha value is -7.97. The maximum atomic E-state index is 5.40. The third-order valence-electron chi connectivity index (χ3n) is 10.6. The predicted molar refractivity (Wildman–Crippen MR) is 230 cm³/mol. The van der Waals surface area contributed by atoms with Crippen molar-refractivity contribution < 1.29 is 0 Å². The first-order valence-electron chi connectivity index (χ1n) is 18.8. The van der Waals surface area contributed by atoms with Crippen molar-refractivity contribution in [2.75, 3.05) is 4.90 Å². The van der Waals surface area contributed by atoms with Gasteiger partial charge in [-0.25, -0.2) is 0 Å². The highest BCUT2D eigenvalue weighted by molar-refractivity contribution is 6.10. The highest BCUT2D eigenvalue weighted by Gasteiger charge is 2.24. The Morgan fingerprint density at radius 2 is 0.632 bits per heavy atom. The molecule has 0 fully saturated rings. The van der Waals surface area contributed by atoms with Gasteiger partial charge in [-0.05, 0) is 95.1 Å². The molecule has 0 spiro atoms. The van der Waals surface area contributed by atoms with E-state index in [0.717, 1.165) is 77.2 Å². The molecule has 0 N–H and O–H groups in total. The molecule has 5 heterocycles. The fourth-order valence-corrected chi connectivity index (χ4v) is 7.99. The van der Waals surface area contributed by atoms with E-state index in [0.29, 0.717) is 17.8 Å². The Labute approximate surface area is 327 Å². The Morgan fingerprint density at radius 3 is 0.982 bits per heavy atom. The Bertz CT molecular complexity index is 2900. The van der Waals surface area contributed by atoms with Gasteiger partial charge >= 0.3 is 0 Å². The number of benzene rings is 6. The molecule has 5 aromatic heterocycles. The summed E-state index contributed by atoms with van der Waals surface area (Å²) in [4.78, 5) is 26.7. The van der Waals surface area contributed by atoms with E-state index in [9.17, 15) is 0 Å². The summed E-state index contributed by atoms with van der Waals surface area (Å²) >= 11 is 0. The summed E-state index contributed by atoms with van der Waals surface area (Å²) in [5.74, 6) is 1.51. The van der Waals surface area contributed by atoms with Crippen molar-refractivity contribution in [1.29, 1.82) is 0 Å². The van der Waals surface area contributed by atoms with E-state index in [4.69, 9.17) is 15.0 Å². The van der Waals surface area contributed by atoms with Gasteiger partial charge in [0.05, 0.1) is 22.1 Å². The van der Waals surface area contributed by atoms with Crippen LogP contribution in [0.3, 0.4) is 0 Å². The summed E-state index contributed by atoms with van der Waals surface area (Å²) in [6.45, 7) is 0. The van der Waals surface area contributed by atoms with Crippen LogP contribution in [0.4, 0.5) is 17.3 Å². The number of fused-ring (bicyclic) bond motifs is 6. The van der Waals surface area contributed by atoms with Crippen molar-refractivity contribution in [3.63, 3.8) is 0 Å². The molecule has 0 aliphatic carbocycles. The highest BCUT2D eigenvalue weighted by Crippen LogP contribution is 2.38. The SMILES string of the molecule is c1ccc2c(c1)c1ccccc1n2-c1nc(N(c2ccc(-c3ccncc3)cc2)c2ccc(-c3ccncc3)cc2)nc(-n2c3ccccc3c3ccccc32)n1. The molecule has 8 nitrogen and oxygen atoms in total. The topological polar surface area (TPSA) is 77.5 Å². The van der Waals surface area contributed by atoms with Gasteiger partial charge in [0.2, 0.25) is 17.8 Å². The average Bonchev–Trinajstić information content (AvgIpc) is 3.81. The standard InChI is InChI=1S/C49H32N8/c1-5-13-43-39(9-1)40-10-2-6-14-44(40)56(43)48-52-47(53-49(54-48)57-45-15-7-3-11-41(45)42-12-4-8-16-46(42)57)55(37-21-17-33(18-22-37)35-25-29-50-30-26-35)38-23-19-34(20-24-38)36-27-31-51-32-28-36/h1-32H. The Morgan fingerprint density at radius 1 is 0.316 bits per heavy atom. The summed E-state index contributed by atoms with van der Waals surface area (Å²) in [6, 6.07) is 58.8. The van der Waals surface area contributed by atoms with Crippen molar-refractivity contribution in [2.45, 2.75) is 0 Å². The number of rotatable bonds is 7. The number of nitrogens with zero attached hydrogens (tertiary/aromatic N) is 8. The molecule has 8 heteroatoms. The molecule has 0 saturated heterocycles. The molecule has 0 amide bonds. The van der Waals surface area contributed by atoms with Crippen LogP contribution in [0.15, 0.2) is 195 Å². The van der Waals surface area contributed by atoms with Gasteiger partial charge in [-0.15, -0.1) is 0 Å². The molecule has 0 saturated carbocycles. The van der Waals surface area contributed by atoms with Crippen LogP contribution >= 0.6 is 0 Å². The second kappa shape index (κ2) is 13.4. The predicted octanol–water partition coefficient (Wildman–Crippen LogP) is 11.7. The van der Waals surface area contributed by atoms with Gasteiger partial charge in [0.25, 0.3) is 0 Å². The van der Waals surface area contributed by atoms with Crippen LogP contribution < -0.4 is 4.90 Å². The van der Waals surface area contributed by atoms with Gasteiger partial charge in [0.15, 0.2) is 0 Å². The molecule has 0 atom stereocenters. The smallest absolute Gasteiger partial charge is 0.241 e. The van der Waals surface area contributed by atoms with E-state index in [1.165, 1.54) is 0 Å². The van der Waals surface area contributed by atoms with Crippen molar-refractivity contribution >= 4 is 60.9 Å². The van der Waals surface area contributed by atoms with E-state index in [-0.39, 0.29) is 0 Å². The summed E-state index contributed by atoms with van der Waals surface area (Å²) < 4.78 is 4.31. The Balaban J connectivity index is 1.19. The van der Waals surface area contributed by atoms with E-state index in [1.807, 2.05) is 49.1 Å². The average molecular weight is 733 g/mol. The number of hydrogen-bond acceptors (Lipinski definition) is 6. The van der Waals surface area contributed by atoms with Gasteiger partial charge < -0.3 is 0 Å². The minimum atomic E-state index is 0.479. The quantitative estimate of drug-likeness (QED) is 0.162. The summed E-state index contributed by atoms with van der Waals surface area (Å²) in [7, 11) is 0. The molecular weight excluding hydrogens is 701 g/mol. The number of hydrogen-bond donors (Lipinski definition) is 0. The lowest BCUT2D eigenvalue weighted by Gasteiger charge is -2.25. The fraction of sp³-hybridized carbons (Fsp3) is 0. The van der Waals surface area contributed by atoms with Crippen molar-refractivity contribution in [3.8, 4) is 34.2 Å². The molecule has 0 bridgehead atoms. The van der Waals surface area contributed by atoms with Crippen LogP contribution in [-0.2, 0) is 0 Å². The lowest BCUT2D eigenvalue weighted by Crippen LogP contribution is -2.18. The van der Waals surface area contributed by atoms with Crippen molar-refractivity contribution in [3.05, 3.63) is 195 Å². The fourth-order valence-electron chi connectivity index (χ4n) is 7.99. The minimum absolute atomic E-state index is 0.479. The molecular formula is C49H32N8. The number of anilines is 3. The van der Waals surface area contributed by atoms with Crippen LogP contribution in [0.25, 0.3) is 77.8 Å². The lowest BCUT2D eigenvalue weighted by molar-refractivity contribution is 0.878. The van der Waals surface area contributed by atoms with Gasteiger partial charge in [-0.3, -0.25) is 24.0 Å². The van der Waals surface area contributed by atoms with Gasteiger partial charge in [0, 0.05) is 57.7 Å². The zero-order chi connectivity index (χ0) is 37.7. The van der Waals surface area contributed by atoms with Gasteiger partial charge in [-0.2, -0.15) is 15.0 Å². The molecule has 0 unspecified atom stereocenters. The summed E-state index contributed by atoms with van der Waals surface area (Å²) in [5.41, 5.74) is 10.2. The van der Waals surface area contributed by atoms with Crippen LogP contribution in [0.5, 0.6) is 0 Å². The van der Waals surface area contributed by atoms with E-state index < -0.39 is 0 Å². The van der Waals surface area contributed by atoms with Crippen LogP contribution in [0.1, 0.15) is 0 Å². The van der Waals surface area contributed by atoms with Crippen LogP contribution in [-0.4, -0.2) is 34.1 Å². The van der Waals surface area contributed by atoms with Crippen LogP contribution in [0.2, 0.25) is 0 Å². The second-order valence-corrected chi connectivity index (χ2v) is 13.9. The van der Waals surface area contributed by atoms with Crippen molar-refractivity contribution in [1.82, 2.24) is 34.1 Å². The maximum Gasteiger partial charge on any atom is 0.241 e. The molecule has 268 valence electrons. The first-order chi connectivity index (χ1) is 28.3. The van der Waals surface area contributed by atoms with Gasteiger partial charge in [0.1, 0.15) is 0 Å². The molecule has 0 radical (unpaired) electrons. The molecule has 0 aliphatic heterocycles. The van der Waals surface area contributed by atoms with Crippen molar-refractivity contribution in [2.24, 2.45) is 0 Å². The first kappa shape index (κ1) is 32.5. The number of para-hydroxylation sites is 4. The normalized spacial score (nSPS) is 11.5. The lowest BCUT2D eigenvalue weighted by atomic mass is 10.1. The molecule has 11 rings (SSSR count).